The molecule has 4 nitrogen and oxygen atoms in total. The van der Waals surface area contributed by atoms with Crippen molar-refractivity contribution in [1.29, 1.82) is 0 Å². The third-order valence-corrected chi connectivity index (χ3v) is 2.80. The Morgan fingerprint density at radius 2 is 2.05 bits per heavy atom. The molecule has 0 aliphatic heterocycles. The fraction of sp³-hybridized carbons (Fsp3) is 0.143. The van der Waals surface area contributed by atoms with Crippen LogP contribution in [0, 0.1) is 19.7 Å². The number of hydrogen-bond donors (Lipinski definition) is 2. The van der Waals surface area contributed by atoms with Crippen LogP contribution >= 0.6 is 0 Å². The minimum Gasteiger partial charge on any atom is -0.381 e. The fourth-order valence-electron chi connectivity index (χ4n) is 1.70. The van der Waals surface area contributed by atoms with Crippen molar-refractivity contribution in [3.63, 3.8) is 0 Å². The van der Waals surface area contributed by atoms with Crippen molar-refractivity contribution in [3.8, 4) is 0 Å². The molecule has 19 heavy (non-hydrogen) atoms. The van der Waals surface area contributed by atoms with Gasteiger partial charge in [0.2, 0.25) is 0 Å². The molecule has 1 aromatic carbocycles. The largest absolute Gasteiger partial charge is 0.381 e. The maximum atomic E-state index is 13.7. The highest BCUT2D eigenvalue weighted by Crippen LogP contribution is 2.19. The summed E-state index contributed by atoms with van der Waals surface area (Å²) in [6, 6.07) is 6.96. The lowest BCUT2D eigenvalue weighted by atomic mass is 10.1. The molecular weight excluding hydrogens is 245 g/mol. The van der Waals surface area contributed by atoms with Gasteiger partial charge < -0.3 is 11.1 Å². The van der Waals surface area contributed by atoms with Crippen LogP contribution in [0.3, 0.4) is 0 Å². The molecule has 0 bridgehead atoms. The van der Waals surface area contributed by atoms with E-state index < -0.39 is 11.7 Å². The van der Waals surface area contributed by atoms with E-state index in [0.717, 1.165) is 11.1 Å². The minimum atomic E-state index is -0.801. The van der Waals surface area contributed by atoms with Crippen LogP contribution in [0.1, 0.15) is 21.5 Å². The monoisotopic (exact) mass is 259 g/mol. The zero-order valence-corrected chi connectivity index (χ0v) is 10.7. The van der Waals surface area contributed by atoms with Gasteiger partial charge in [-0.05, 0) is 37.1 Å². The molecule has 0 saturated heterocycles. The van der Waals surface area contributed by atoms with Crippen LogP contribution < -0.4 is 11.1 Å². The highest BCUT2D eigenvalue weighted by Gasteiger charge is 2.15. The zero-order chi connectivity index (χ0) is 14.0. The molecule has 0 unspecified atom stereocenters. The number of anilines is 2. The van der Waals surface area contributed by atoms with Crippen molar-refractivity contribution in [1.82, 2.24) is 4.98 Å². The summed E-state index contributed by atoms with van der Waals surface area (Å²) in [4.78, 5) is 15.6. The van der Waals surface area contributed by atoms with Crippen LogP contribution in [-0.4, -0.2) is 10.9 Å². The van der Waals surface area contributed by atoms with Gasteiger partial charge in [-0.1, -0.05) is 12.1 Å². The molecule has 0 aliphatic rings. The van der Waals surface area contributed by atoms with Gasteiger partial charge in [-0.2, -0.15) is 0 Å². The number of aromatic nitrogens is 1. The van der Waals surface area contributed by atoms with Crippen molar-refractivity contribution in [2.24, 2.45) is 0 Å². The Hall–Kier alpha value is -2.43. The first-order valence-corrected chi connectivity index (χ1v) is 5.77. The molecular formula is C14H14FN3O. The highest BCUT2D eigenvalue weighted by atomic mass is 19.1. The Morgan fingerprint density at radius 1 is 1.32 bits per heavy atom. The fourth-order valence-corrected chi connectivity index (χ4v) is 1.70. The second kappa shape index (κ2) is 5.06. The van der Waals surface area contributed by atoms with E-state index in [0.29, 0.717) is 5.69 Å². The predicted molar refractivity (Wildman–Crippen MR) is 72.5 cm³/mol. The molecule has 1 aromatic heterocycles. The predicted octanol–water partition coefficient (Wildman–Crippen LogP) is 2.67. The number of nitrogens with two attached hydrogens (primary N) is 1. The maximum absolute atomic E-state index is 13.7. The van der Waals surface area contributed by atoms with Crippen molar-refractivity contribution in [2.75, 3.05) is 11.1 Å². The number of hydrogen-bond acceptors (Lipinski definition) is 3. The lowest BCUT2D eigenvalue weighted by Crippen LogP contribution is -2.16. The highest BCUT2D eigenvalue weighted by molar-refractivity contribution is 6.05. The lowest BCUT2D eigenvalue weighted by molar-refractivity contribution is 0.102. The standard InChI is InChI=1S/C14H14FN3O/c1-8-3-4-9(2)11(7-8)18-14(19)10-5-6-17-13(16)12(10)15/h3-7H,1-2H3,(H2,16,17)(H,18,19). The third kappa shape index (κ3) is 2.70. The summed E-state index contributed by atoms with van der Waals surface area (Å²) >= 11 is 0. The summed E-state index contributed by atoms with van der Waals surface area (Å²) in [7, 11) is 0. The maximum Gasteiger partial charge on any atom is 0.258 e. The Bertz CT molecular complexity index is 641. The molecule has 0 fully saturated rings. The Kier molecular flexibility index (Phi) is 3.46. The van der Waals surface area contributed by atoms with Gasteiger partial charge in [0.05, 0.1) is 5.56 Å². The van der Waals surface area contributed by atoms with Crippen LogP contribution in [-0.2, 0) is 0 Å². The normalized spacial score (nSPS) is 10.3. The molecule has 0 atom stereocenters. The van der Waals surface area contributed by atoms with Crippen LogP contribution in [0.25, 0.3) is 0 Å². The van der Waals surface area contributed by atoms with E-state index in [4.69, 9.17) is 5.73 Å². The Balaban J connectivity index is 2.31. The third-order valence-electron chi connectivity index (χ3n) is 2.80. The number of aryl methyl sites for hydroxylation is 2. The van der Waals surface area contributed by atoms with E-state index in [1.54, 1.807) is 0 Å². The van der Waals surface area contributed by atoms with E-state index in [1.165, 1.54) is 12.3 Å². The molecule has 2 aromatic rings. The van der Waals surface area contributed by atoms with E-state index in [2.05, 4.69) is 10.3 Å². The smallest absolute Gasteiger partial charge is 0.258 e. The molecule has 5 heteroatoms. The number of carbonyl (C=O) groups excluding carboxylic acids is 1. The number of amides is 1. The zero-order valence-electron chi connectivity index (χ0n) is 10.7. The van der Waals surface area contributed by atoms with Gasteiger partial charge in [0.15, 0.2) is 11.6 Å². The van der Waals surface area contributed by atoms with E-state index in [1.807, 2.05) is 32.0 Å². The van der Waals surface area contributed by atoms with Crippen molar-refractivity contribution < 1.29 is 9.18 Å². The summed E-state index contributed by atoms with van der Waals surface area (Å²) in [5.74, 6) is -1.63. The number of benzene rings is 1. The van der Waals surface area contributed by atoms with Gasteiger partial charge >= 0.3 is 0 Å². The van der Waals surface area contributed by atoms with Gasteiger partial charge in [0.1, 0.15) is 0 Å². The second-order valence-electron chi connectivity index (χ2n) is 4.33. The van der Waals surface area contributed by atoms with Crippen LogP contribution in [0.15, 0.2) is 30.5 Å². The molecule has 0 spiro atoms. The number of nitrogens with zero attached hydrogens (tertiary/aromatic N) is 1. The van der Waals surface area contributed by atoms with Gasteiger partial charge in [-0.3, -0.25) is 4.79 Å². The minimum absolute atomic E-state index is 0.117. The molecule has 0 saturated carbocycles. The Labute approximate surface area is 110 Å². The van der Waals surface area contributed by atoms with Crippen molar-refractivity contribution in [2.45, 2.75) is 13.8 Å². The first kappa shape index (κ1) is 13.0. The second-order valence-corrected chi connectivity index (χ2v) is 4.33. The van der Waals surface area contributed by atoms with Crippen LogP contribution in [0.5, 0.6) is 0 Å². The average molecular weight is 259 g/mol. The first-order valence-electron chi connectivity index (χ1n) is 5.77. The quantitative estimate of drug-likeness (QED) is 0.871. The summed E-state index contributed by atoms with van der Waals surface area (Å²) in [5.41, 5.74) is 7.79. The van der Waals surface area contributed by atoms with Crippen molar-refractivity contribution >= 4 is 17.4 Å². The lowest BCUT2D eigenvalue weighted by Gasteiger charge is -2.10. The van der Waals surface area contributed by atoms with Gasteiger partial charge in [0, 0.05) is 11.9 Å². The summed E-state index contributed by atoms with van der Waals surface area (Å²) in [6.45, 7) is 3.78. The van der Waals surface area contributed by atoms with E-state index in [-0.39, 0.29) is 11.4 Å². The molecule has 1 heterocycles. The van der Waals surface area contributed by atoms with Crippen LogP contribution in [0.4, 0.5) is 15.9 Å². The number of nitrogens with one attached hydrogen (secondary N) is 1. The SMILES string of the molecule is Cc1ccc(C)c(NC(=O)c2ccnc(N)c2F)c1. The molecule has 1 amide bonds. The summed E-state index contributed by atoms with van der Waals surface area (Å²) in [5, 5.41) is 2.67. The molecule has 3 N–H and O–H groups in total. The van der Waals surface area contributed by atoms with Gasteiger partial charge in [-0.15, -0.1) is 0 Å². The molecule has 98 valence electrons. The topological polar surface area (TPSA) is 68.0 Å². The summed E-state index contributed by atoms with van der Waals surface area (Å²) in [6.07, 6.45) is 1.30. The molecule has 0 radical (unpaired) electrons. The number of halogens is 1. The van der Waals surface area contributed by atoms with Crippen molar-refractivity contribution in [3.05, 3.63) is 53.0 Å². The molecule has 2 rings (SSSR count). The average Bonchev–Trinajstić information content (AvgIpc) is 2.37. The molecule has 0 aliphatic carbocycles. The number of carbonyl (C=O) groups is 1. The van der Waals surface area contributed by atoms with E-state index >= 15 is 0 Å². The van der Waals surface area contributed by atoms with Gasteiger partial charge in [0.25, 0.3) is 5.91 Å². The number of rotatable bonds is 2. The van der Waals surface area contributed by atoms with Gasteiger partial charge in [-0.25, -0.2) is 9.37 Å². The first-order chi connectivity index (χ1) is 8.99. The number of pyridine rings is 1. The Morgan fingerprint density at radius 3 is 2.79 bits per heavy atom. The van der Waals surface area contributed by atoms with E-state index in [9.17, 15) is 9.18 Å². The number of nitrogen functional groups attached to an aromatic ring is 1. The summed E-state index contributed by atoms with van der Waals surface area (Å²) < 4.78 is 13.7. The van der Waals surface area contributed by atoms with Crippen LogP contribution in [0.2, 0.25) is 0 Å².